The molecule has 0 atom stereocenters. The maximum absolute atomic E-state index is 13.6. The number of β-amino-alcohol motifs (C(OH)–C–C–N with tert-alkyl or cyclic N) is 1. The minimum absolute atomic E-state index is 0.0298. The van der Waals surface area contributed by atoms with Gasteiger partial charge in [-0.05, 0) is 22.0 Å². The Balaban J connectivity index is 2.45. The van der Waals surface area contributed by atoms with Crippen LogP contribution in [-0.4, -0.2) is 53.8 Å². The Morgan fingerprint density at radius 2 is 2.12 bits per heavy atom. The van der Waals surface area contributed by atoms with Crippen LogP contribution in [0.1, 0.15) is 0 Å². The lowest BCUT2D eigenvalue weighted by Crippen LogP contribution is -2.31. The standard InChI is InChI=1S/C14H13BrF2N2O5/c1-24-14(23)6-5-19(2-3-20)13(22)11(6)18-8-4-7(15)9(16)10(17)12(8)21/h4,18,20-21H,2-3,5H2,1H3. The van der Waals surface area contributed by atoms with Crippen LogP contribution in [0.3, 0.4) is 0 Å². The Labute approximate surface area is 143 Å². The van der Waals surface area contributed by atoms with Gasteiger partial charge in [-0.15, -0.1) is 0 Å². The van der Waals surface area contributed by atoms with Crippen LogP contribution in [0.5, 0.6) is 5.75 Å². The summed E-state index contributed by atoms with van der Waals surface area (Å²) in [7, 11) is 1.12. The zero-order valence-corrected chi connectivity index (χ0v) is 14.0. The Morgan fingerprint density at radius 3 is 2.71 bits per heavy atom. The van der Waals surface area contributed by atoms with Crippen LogP contribution in [0.25, 0.3) is 0 Å². The van der Waals surface area contributed by atoms with Crippen molar-refractivity contribution in [2.24, 2.45) is 0 Å². The van der Waals surface area contributed by atoms with Crippen LogP contribution in [0.15, 0.2) is 21.8 Å². The minimum Gasteiger partial charge on any atom is -0.503 e. The fraction of sp³-hybridized carbons (Fsp3) is 0.286. The highest BCUT2D eigenvalue weighted by molar-refractivity contribution is 9.10. The molecule has 7 nitrogen and oxygen atoms in total. The number of methoxy groups -OCH3 is 1. The Hall–Kier alpha value is -2.20. The third-order valence-corrected chi connectivity index (χ3v) is 3.93. The molecule has 1 aliphatic rings. The van der Waals surface area contributed by atoms with Crippen molar-refractivity contribution in [2.75, 3.05) is 32.1 Å². The fourth-order valence-corrected chi connectivity index (χ4v) is 2.57. The zero-order chi connectivity index (χ0) is 18.0. The van der Waals surface area contributed by atoms with Crippen molar-refractivity contribution in [1.82, 2.24) is 4.90 Å². The molecule has 1 aromatic rings. The second-order valence-electron chi connectivity index (χ2n) is 4.80. The number of aliphatic hydroxyl groups excluding tert-OH is 1. The van der Waals surface area contributed by atoms with E-state index in [4.69, 9.17) is 5.11 Å². The van der Waals surface area contributed by atoms with Crippen LogP contribution >= 0.6 is 15.9 Å². The summed E-state index contributed by atoms with van der Waals surface area (Å²) in [5.41, 5.74) is -0.615. The van der Waals surface area contributed by atoms with Gasteiger partial charge in [-0.2, -0.15) is 4.39 Å². The molecule has 0 aromatic heterocycles. The fourth-order valence-electron chi connectivity index (χ4n) is 2.16. The molecule has 0 radical (unpaired) electrons. The zero-order valence-electron chi connectivity index (χ0n) is 12.4. The maximum Gasteiger partial charge on any atom is 0.337 e. The molecule has 0 unspecified atom stereocenters. The largest absolute Gasteiger partial charge is 0.503 e. The van der Waals surface area contributed by atoms with E-state index >= 15 is 0 Å². The topological polar surface area (TPSA) is 99.1 Å². The number of anilines is 1. The molecule has 0 bridgehead atoms. The van der Waals surface area contributed by atoms with Gasteiger partial charge in [-0.25, -0.2) is 9.18 Å². The highest BCUT2D eigenvalue weighted by Gasteiger charge is 2.35. The number of phenolic OH excluding ortho intramolecular Hbond substituents is 1. The first-order chi connectivity index (χ1) is 11.3. The number of hydrogen-bond acceptors (Lipinski definition) is 6. The average Bonchev–Trinajstić information content (AvgIpc) is 2.87. The van der Waals surface area contributed by atoms with Crippen LogP contribution < -0.4 is 5.32 Å². The van der Waals surface area contributed by atoms with Gasteiger partial charge in [0.15, 0.2) is 11.6 Å². The molecule has 130 valence electrons. The molecule has 1 aliphatic heterocycles. The number of esters is 1. The normalized spacial score (nSPS) is 14.4. The van der Waals surface area contributed by atoms with Crippen molar-refractivity contribution in [2.45, 2.75) is 0 Å². The summed E-state index contributed by atoms with van der Waals surface area (Å²) in [6, 6.07) is 1.03. The van der Waals surface area contributed by atoms with E-state index in [1.54, 1.807) is 0 Å². The van der Waals surface area contributed by atoms with Crippen molar-refractivity contribution in [3.05, 3.63) is 33.4 Å². The molecule has 1 aromatic carbocycles. The number of nitrogens with zero attached hydrogens (tertiary/aromatic N) is 1. The molecule has 2 rings (SSSR count). The van der Waals surface area contributed by atoms with Gasteiger partial charge in [0.25, 0.3) is 5.91 Å². The molecule has 0 spiro atoms. The summed E-state index contributed by atoms with van der Waals surface area (Å²) in [5, 5.41) is 21.1. The maximum atomic E-state index is 13.6. The van der Waals surface area contributed by atoms with E-state index in [1.807, 2.05) is 0 Å². The minimum atomic E-state index is -1.51. The van der Waals surface area contributed by atoms with E-state index in [0.29, 0.717) is 0 Å². The Bertz CT molecular complexity index is 738. The third kappa shape index (κ3) is 3.20. The smallest absolute Gasteiger partial charge is 0.337 e. The van der Waals surface area contributed by atoms with Gasteiger partial charge in [0, 0.05) is 6.54 Å². The number of aromatic hydroxyl groups is 1. The third-order valence-electron chi connectivity index (χ3n) is 3.35. The molecule has 10 heteroatoms. The summed E-state index contributed by atoms with van der Waals surface area (Å²) < 4.78 is 31.3. The first-order valence-corrected chi connectivity index (χ1v) is 7.46. The monoisotopic (exact) mass is 406 g/mol. The van der Waals surface area contributed by atoms with Gasteiger partial charge >= 0.3 is 5.97 Å². The van der Waals surface area contributed by atoms with E-state index in [2.05, 4.69) is 26.0 Å². The molecular formula is C14H13BrF2N2O5. The summed E-state index contributed by atoms with van der Waals surface area (Å²) in [5.74, 6) is -5.29. The van der Waals surface area contributed by atoms with Gasteiger partial charge in [-0.3, -0.25) is 4.79 Å². The van der Waals surface area contributed by atoms with E-state index < -0.39 is 29.3 Å². The number of halogens is 3. The first kappa shape index (κ1) is 18.1. The molecule has 1 amide bonds. The predicted octanol–water partition coefficient (Wildman–Crippen LogP) is 1.11. The van der Waals surface area contributed by atoms with Gasteiger partial charge < -0.3 is 25.2 Å². The molecule has 0 saturated heterocycles. The van der Waals surface area contributed by atoms with E-state index in [1.165, 1.54) is 4.90 Å². The molecule has 0 fully saturated rings. The van der Waals surface area contributed by atoms with Crippen LogP contribution in [-0.2, 0) is 14.3 Å². The van der Waals surface area contributed by atoms with Gasteiger partial charge in [0.2, 0.25) is 5.82 Å². The Kier molecular flexibility index (Phi) is 5.40. The van der Waals surface area contributed by atoms with Gasteiger partial charge in [0.1, 0.15) is 5.70 Å². The number of carbonyl (C=O) groups is 2. The molecule has 0 aliphatic carbocycles. The van der Waals surface area contributed by atoms with Crippen molar-refractivity contribution in [1.29, 1.82) is 0 Å². The number of phenols is 1. The number of amides is 1. The number of benzene rings is 1. The number of carbonyl (C=O) groups excluding carboxylic acids is 2. The lowest BCUT2D eigenvalue weighted by Gasteiger charge is -2.15. The predicted molar refractivity (Wildman–Crippen MR) is 82.1 cm³/mol. The highest BCUT2D eigenvalue weighted by Crippen LogP contribution is 2.35. The summed E-state index contributed by atoms with van der Waals surface area (Å²) in [4.78, 5) is 25.3. The van der Waals surface area contributed by atoms with Gasteiger partial charge in [-0.1, -0.05) is 0 Å². The molecular weight excluding hydrogens is 394 g/mol. The molecule has 24 heavy (non-hydrogen) atoms. The first-order valence-electron chi connectivity index (χ1n) is 6.66. The lowest BCUT2D eigenvalue weighted by molar-refractivity contribution is -0.136. The summed E-state index contributed by atoms with van der Waals surface area (Å²) in [6.07, 6.45) is 0. The average molecular weight is 407 g/mol. The Morgan fingerprint density at radius 1 is 1.46 bits per heavy atom. The molecule has 0 saturated carbocycles. The van der Waals surface area contributed by atoms with Crippen molar-refractivity contribution < 1.29 is 33.3 Å². The molecule has 1 heterocycles. The number of aliphatic hydroxyl groups is 1. The summed E-state index contributed by atoms with van der Waals surface area (Å²) >= 11 is 2.79. The lowest BCUT2D eigenvalue weighted by atomic mass is 10.2. The molecule has 3 N–H and O–H groups in total. The van der Waals surface area contributed by atoms with E-state index in [0.717, 1.165) is 13.2 Å². The number of rotatable bonds is 5. The SMILES string of the molecule is COC(=O)C1=C(Nc2cc(Br)c(F)c(F)c2O)C(=O)N(CCO)C1. The van der Waals surface area contributed by atoms with E-state index in [9.17, 15) is 23.5 Å². The quantitative estimate of drug-likeness (QED) is 0.384. The van der Waals surface area contributed by atoms with Crippen molar-refractivity contribution in [3.8, 4) is 5.75 Å². The van der Waals surface area contributed by atoms with E-state index in [-0.39, 0.29) is 41.1 Å². The number of hydrogen-bond donors (Lipinski definition) is 3. The van der Waals surface area contributed by atoms with Gasteiger partial charge in [0.05, 0.1) is 36.0 Å². The van der Waals surface area contributed by atoms with Crippen LogP contribution in [0.2, 0.25) is 0 Å². The summed E-state index contributed by atoms with van der Waals surface area (Å²) in [6.45, 7) is -0.479. The highest BCUT2D eigenvalue weighted by atomic mass is 79.9. The number of nitrogens with one attached hydrogen (secondary N) is 1. The van der Waals surface area contributed by atoms with Crippen molar-refractivity contribution >= 4 is 33.5 Å². The number of ether oxygens (including phenoxy) is 1. The van der Waals surface area contributed by atoms with Crippen molar-refractivity contribution in [3.63, 3.8) is 0 Å². The second kappa shape index (κ2) is 7.14. The van der Waals surface area contributed by atoms with Crippen LogP contribution in [0, 0.1) is 11.6 Å². The van der Waals surface area contributed by atoms with Crippen LogP contribution in [0.4, 0.5) is 14.5 Å². The second-order valence-corrected chi connectivity index (χ2v) is 5.66.